The van der Waals surface area contributed by atoms with Crippen molar-refractivity contribution in [1.29, 1.82) is 0 Å². The van der Waals surface area contributed by atoms with Crippen molar-refractivity contribution in [1.82, 2.24) is 10.2 Å². The van der Waals surface area contributed by atoms with Gasteiger partial charge in [0.1, 0.15) is 0 Å². The summed E-state index contributed by atoms with van der Waals surface area (Å²) < 4.78 is 0. The lowest BCUT2D eigenvalue weighted by Gasteiger charge is -2.38. The molecule has 2 aliphatic heterocycles. The fourth-order valence-corrected chi connectivity index (χ4v) is 2.17. The van der Waals surface area contributed by atoms with Gasteiger partial charge in [-0.2, -0.15) is 0 Å². The Balaban J connectivity index is 2.08. The normalized spacial score (nSPS) is 38.5. The Labute approximate surface area is 66.8 Å². The molecule has 0 aromatic rings. The first-order chi connectivity index (χ1) is 5.25. The van der Waals surface area contributed by atoms with Crippen molar-refractivity contribution in [2.45, 2.75) is 6.42 Å². The first-order valence-electron chi connectivity index (χ1n) is 4.22. The molecule has 3 heteroatoms. The second kappa shape index (κ2) is 2.48. The first kappa shape index (κ1) is 7.10. The lowest BCUT2D eigenvalue weighted by Crippen LogP contribution is -2.52. The van der Waals surface area contributed by atoms with E-state index in [2.05, 4.69) is 17.3 Å². The van der Waals surface area contributed by atoms with Crippen LogP contribution < -0.4 is 5.32 Å². The first-order valence-corrected chi connectivity index (χ1v) is 4.22. The van der Waals surface area contributed by atoms with Crippen molar-refractivity contribution in [3.8, 4) is 0 Å². The Morgan fingerprint density at radius 1 is 1.55 bits per heavy atom. The van der Waals surface area contributed by atoms with Crippen LogP contribution in [-0.2, 0) is 4.79 Å². The largest absolute Gasteiger partial charge is 0.355 e. The zero-order chi connectivity index (χ0) is 7.84. The van der Waals surface area contributed by atoms with Gasteiger partial charge in [0.2, 0.25) is 5.91 Å². The van der Waals surface area contributed by atoms with Crippen molar-refractivity contribution in [2.75, 3.05) is 26.7 Å². The number of nitrogens with one attached hydrogen (secondary N) is 1. The molecule has 1 amide bonds. The van der Waals surface area contributed by atoms with E-state index in [1.54, 1.807) is 0 Å². The number of carbonyl (C=O) groups excluding carboxylic acids is 1. The third-order valence-corrected chi connectivity index (χ3v) is 2.66. The highest BCUT2D eigenvalue weighted by atomic mass is 16.2. The van der Waals surface area contributed by atoms with E-state index in [-0.39, 0.29) is 11.8 Å². The van der Waals surface area contributed by atoms with Gasteiger partial charge in [-0.3, -0.25) is 4.79 Å². The molecule has 11 heavy (non-hydrogen) atoms. The molecule has 2 bridgehead atoms. The lowest BCUT2D eigenvalue weighted by atomic mass is 9.85. The molecule has 1 N–H and O–H groups in total. The fraction of sp³-hybridized carbons (Fsp3) is 0.875. The van der Waals surface area contributed by atoms with Crippen LogP contribution in [0.4, 0.5) is 0 Å². The molecule has 2 atom stereocenters. The van der Waals surface area contributed by atoms with Gasteiger partial charge in [-0.1, -0.05) is 0 Å². The molecule has 0 aromatic carbocycles. The van der Waals surface area contributed by atoms with Gasteiger partial charge >= 0.3 is 0 Å². The highest BCUT2D eigenvalue weighted by Gasteiger charge is 2.33. The van der Waals surface area contributed by atoms with Crippen molar-refractivity contribution in [2.24, 2.45) is 11.8 Å². The number of piperidine rings is 2. The molecular formula is C8H14N2O. The molecule has 0 spiro atoms. The van der Waals surface area contributed by atoms with E-state index in [0.29, 0.717) is 5.92 Å². The molecule has 0 aliphatic carbocycles. The van der Waals surface area contributed by atoms with Crippen molar-refractivity contribution in [3.63, 3.8) is 0 Å². The molecule has 0 aromatic heterocycles. The van der Waals surface area contributed by atoms with Gasteiger partial charge in [0, 0.05) is 19.6 Å². The molecule has 2 heterocycles. The zero-order valence-corrected chi connectivity index (χ0v) is 6.84. The van der Waals surface area contributed by atoms with Crippen molar-refractivity contribution in [3.05, 3.63) is 0 Å². The molecule has 2 rings (SSSR count). The topological polar surface area (TPSA) is 32.3 Å². The fourth-order valence-electron chi connectivity index (χ4n) is 2.17. The Morgan fingerprint density at radius 3 is 3.18 bits per heavy atom. The predicted molar refractivity (Wildman–Crippen MR) is 42.1 cm³/mol. The van der Waals surface area contributed by atoms with Gasteiger partial charge in [0.15, 0.2) is 0 Å². The number of carbonyl (C=O) groups is 1. The zero-order valence-electron chi connectivity index (χ0n) is 6.84. The average Bonchev–Trinajstić information content (AvgIpc) is 1.97. The van der Waals surface area contributed by atoms with Gasteiger partial charge in [-0.15, -0.1) is 0 Å². The molecule has 2 aliphatic rings. The van der Waals surface area contributed by atoms with E-state index in [1.165, 1.54) is 0 Å². The summed E-state index contributed by atoms with van der Waals surface area (Å²) in [5.41, 5.74) is 0. The maximum Gasteiger partial charge on any atom is 0.224 e. The summed E-state index contributed by atoms with van der Waals surface area (Å²) in [4.78, 5) is 13.5. The number of hydrogen-bond acceptors (Lipinski definition) is 2. The Hall–Kier alpha value is -0.570. The monoisotopic (exact) mass is 154 g/mol. The highest BCUT2D eigenvalue weighted by Crippen LogP contribution is 2.23. The van der Waals surface area contributed by atoms with Crippen LogP contribution in [-0.4, -0.2) is 37.5 Å². The molecule has 2 fully saturated rings. The van der Waals surface area contributed by atoms with Crippen LogP contribution >= 0.6 is 0 Å². The van der Waals surface area contributed by atoms with Crippen LogP contribution in [0.2, 0.25) is 0 Å². The molecule has 2 unspecified atom stereocenters. The van der Waals surface area contributed by atoms with Crippen LogP contribution in [0.15, 0.2) is 0 Å². The van der Waals surface area contributed by atoms with E-state index in [9.17, 15) is 4.79 Å². The minimum absolute atomic E-state index is 0.257. The smallest absolute Gasteiger partial charge is 0.224 e. The van der Waals surface area contributed by atoms with E-state index >= 15 is 0 Å². The predicted octanol–water partition coefficient (Wildman–Crippen LogP) is -0.316. The van der Waals surface area contributed by atoms with Crippen LogP contribution in [0.1, 0.15) is 6.42 Å². The van der Waals surface area contributed by atoms with E-state index < -0.39 is 0 Å². The maximum absolute atomic E-state index is 11.2. The Bertz CT molecular complexity index is 179. The second-order valence-corrected chi connectivity index (χ2v) is 3.77. The average molecular weight is 154 g/mol. The third-order valence-electron chi connectivity index (χ3n) is 2.66. The molecule has 0 radical (unpaired) electrons. The molecule has 62 valence electrons. The standard InChI is InChI=1S/C8H14N2O/c1-10-4-6-2-7(5-10)8(11)9-3-6/h6-7H,2-5H2,1H3,(H,9,11). The second-order valence-electron chi connectivity index (χ2n) is 3.77. The van der Waals surface area contributed by atoms with Gasteiger partial charge in [0.25, 0.3) is 0 Å². The summed E-state index contributed by atoms with van der Waals surface area (Å²) in [6.07, 6.45) is 1.11. The highest BCUT2D eigenvalue weighted by molar-refractivity contribution is 5.79. The summed E-state index contributed by atoms with van der Waals surface area (Å²) in [6.45, 7) is 2.98. The minimum Gasteiger partial charge on any atom is -0.355 e. The summed E-state index contributed by atoms with van der Waals surface area (Å²) in [5, 5.41) is 2.94. The number of amides is 1. The van der Waals surface area contributed by atoms with Crippen LogP contribution in [0.25, 0.3) is 0 Å². The van der Waals surface area contributed by atoms with Gasteiger partial charge in [0.05, 0.1) is 5.92 Å². The molecule has 0 saturated carbocycles. The quantitative estimate of drug-likeness (QED) is 0.519. The summed E-state index contributed by atoms with van der Waals surface area (Å²) in [5.74, 6) is 1.23. The number of likely N-dealkylation sites (tertiary alicyclic amines) is 1. The van der Waals surface area contributed by atoms with E-state index in [0.717, 1.165) is 26.1 Å². The number of hydrogen-bond donors (Lipinski definition) is 1. The Kier molecular flexibility index (Phi) is 1.60. The molecule has 2 saturated heterocycles. The number of rotatable bonds is 0. The SMILES string of the molecule is CN1CC2CNC(=O)C(C2)C1. The van der Waals surface area contributed by atoms with Crippen LogP contribution in [0.3, 0.4) is 0 Å². The summed E-state index contributed by atoms with van der Waals surface area (Å²) in [7, 11) is 2.10. The van der Waals surface area contributed by atoms with E-state index in [1.807, 2.05) is 0 Å². The van der Waals surface area contributed by atoms with Gasteiger partial charge in [-0.05, 0) is 19.4 Å². The van der Waals surface area contributed by atoms with E-state index in [4.69, 9.17) is 0 Å². The third kappa shape index (κ3) is 1.25. The van der Waals surface area contributed by atoms with Gasteiger partial charge in [-0.25, -0.2) is 0 Å². The van der Waals surface area contributed by atoms with Crippen molar-refractivity contribution < 1.29 is 4.79 Å². The van der Waals surface area contributed by atoms with Gasteiger partial charge < -0.3 is 10.2 Å². The Morgan fingerprint density at radius 2 is 2.36 bits per heavy atom. The van der Waals surface area contributed by atoms with Crippen molar-refractivity contribution >= 4 is 5.91 Å². The number of fused-ring (bicyclic) bond motifs is 2. The van der Waals surface area contributed by atoms with Crippen LogP contribution in [0.5, 0.6) is 0 Å². The summed E-state index contributed by atoms with van der Waals surface area (Å²) >= 11 is 0. The number of nitrogens with zero attached hydrogens (tertiary/aromatic N) is 1. The maximum atomic E-state index is 11.2. The summed E-state index contributed by atoms with van der Waals surface area (Å²) in [6, 6.07) is 0. The molecule has 3 nitrogen and oxygen atoms in total. The lowest BCUT2D eigenvalue weighted by molar-refractivity contribution is -0.130. The molecular weight excluding hydrogens is 140 g/mol. The minimum atomic E-state index is 0.257. The van der Waals surface area contributed by atoms with Crippen LogP contribution in [0, 0.1) is 11.8 Å².